The molecule has 0 fully saturated rings. The van der Waals surface area contributed by atoms with Crippen LogP contribution in [0.3, 0.4) is 0 Å². The number of nitrogens with zero attached hydrogens (tertiary/aromatic N) is 1. The van der Waals surface area contributed by atoms with Crippen molar-refractivity contribution >= 4 is 40.4 Å². The SMILES string of the molecule is COC(=O)c1sccc1N=C=S. The Bertz CT molecular complexity index is 339. The number of thiophene rings is 1. The number of hydrogen-bond donors (Lipinski definition) is 0. The summed E-state index contributed by atoms with van der Waals surface area (Å²) in [6, 6.07) is 1.69. The minimum Gasteiger partial charge on any atom is -0.465 e. The zero-order valence-electron chi connectivity index (χ0n) is 6.23. The van der Waals surface area contributed by atoms with Crippen molar-refractivity contribution < 1.29 is 9.53 Å². The van der Waals surface area contributed by atoms with Crippen LogP contribution in [0.5, 0.6) is 0 Å². The first kappa shape index (κ1) is 9.06. The number of carbonyl (C=O) groups excluding carboxylic acids is 1. The van der Waals surface area contributed by atoms with E-state index in [4.69, 9.17) is 0 Å². The Morgan fingerprint density at radius 1 is 1.83 bits per heavy atom. The van der Waals surface area contributed by atoms with E-state index >= 15 is 0 Å². The van der Waals surface area contributed by atoms with E-state index in [1.54, 1.807) is 11.4 Å². The third kappa shape index (κ3) is 1.76. The normalized spacial score (nSPS) is 8.75. The monoisotopic (exact) mass is 199 g/mol. The molecule has 12 heavy (non-hydrogen) atoms. The zero-order valence-corrected chi connectivity index (χ0v) is 7.87. The molecular weight excluding hydrogens is 194 g/mol. The number of esters is 1. The van der Waals surface area contributed by atoms with Crippen LogP contribution in [0.25, 0.3) is 0 Å². The predicted molar refractivity (Wildman–Crippen MR) is 50.3 cm³/mol. The summed E-state index contributed by atoms with van der Waals surface area (Å²) in [6.45, 7) is 0. The standard InChI is InChI=1S/C7H5NO2S2/c1-10-7(9)6-5(8-4-11)2-3-12-6/h2-3H,1H3. The van der Waals surface area contributed by atoms with Gasteiger partial charge in [0.1, 0.15) is 4.88 Å². The summed E-state index contributed by atoms with van der Waals surface area (Å²) < 4.78 is 4.53. The third-order valence-electron chi connectivity index (χ3n) is 1.18. The average Bonchev–Trinajstić information content (AvgIpc) is 2.52. The summed E-state index contributed by atoms with van der Waals surface area (Å²) in [5.74, 6) is -0.394. The molecule has 0 atom stereocenters. The number of aliphatic imine (C=N–C) groups is 1. The van der Waals surface area contributed by atoms with Gasteiger partial charge in [-0.1, -0.05) is 0 Å². The largest absolute Gasteiger partial charge is 0.465 e. The maximum Gasteiger partial charge on any atom is 0.350 e. The molecule has 0 spiro atoms. The molecule has 0 unspecified atom stereocenters. The van der Waals surface area contributed by atoms with Crippen LogP contribution in [-0.2, 0) is 4.74 Å². The quantitative estimate of drug-likeness (QED) is 0.416. The lowest BCUT2D eigenvalue weighted by molar-refractivity contribution is 0.0607. The maximum absolute atomic E-state index is 11.0. The van der Waals surface area contributed by atoms with Gasteiger partial charge in [-0.3, -0.25) is 0 Å². The number of carbonyl (C=O) groups is 1. The van der Waals surface area contributed by atoms with Crippen LogP contribution in [-0.4, -0.2) is 18.2 Å². The van der Waals surface area contributed by atoms with E-state index in [0.717, 1.165) is 0 Å². The summed E-state index contributed by atoms with van der Waals surface area (Å²) in [6.07, 6.45) is 0. The van der Waals surface area contributed by atoms with E-state index < -0.39 is 5.97 Å². The van der Waals surface area contributed by atoms with Crippen molar-refractivity contribution in [3.63, 3.8) is 0 Å². The van der Waals surface area contributed by atoms with Gasteiger partial charge in [-0.2, -0.15) is 4.99 Å². The van der Waals surface area contributed by atoms with Gasteiger partial charge in [0.15, 0.2) is 0 Å². The lowest BCUT2D eigenvalue weighted by Crippen LogP contribution is -1.97. The van der Waals surface area contributed by atoms with E-state index in [1.807, 2.05) is 0 Å². The second kappa shape index (κ2) is 4.11. The summed E-state index contributed by atoms with van der Waals surface area (Å²) in [5.41, 5.74) is 0.516. The Morgan fingerprint density at radius 2 is 2.58 bits per heavy atom. The van der Waals surface area contributed by atoms with Crippen molar-refractivity contribution in [1.29, 1.82) is 0 Å². The smallest absolute Gasteiger partial charge is 0.350 e. The van der Waals surface area contributed by atoms with Gasteiger partial charge in [-0.05, 0) is 23.7 Å². The molecule has 0 amide bonds. The topological polar surface area (TPSA) is 38.7 Å². The van der Waals surface area contributed by atoms with Crippen LogP contribution in [0.2, 0.25) is 0 Å². The summed E-state index contributed by atoms with van der Waals surface area (Å²) in [4.78, 5) is 15.2. The number of ether oxygens (including phenoxy) is 1. The predicted octanol–water partition coefficient (Wildman–Crippen LogP) is 2.27. The molecule has 0 aliphatic rings. The highest BCUT2D eigenvalue weighted by Gasteiger charge is 2.11. The van der Waals surface area contributed by atoms with Crippen LogP contribution in [0.4, 0.5) is 5.69 Å². The Hall–Kier alpha value is -1.03. The third-order valence-corrected chi connectivity index (χ3v) is 2.16. The highest BCUT2D eigenvalue weighted by atomic mass is 32.1. The minimum absolute atomic E-state index is 0.394. The number of rotatable bonds is 2. The molecule has 0 aromatic carbocycles. The van der Waals surface area contributed by atoms with Crippen molar-refractivity contribution in [1.82, 2.24) is 0 Å². The second-order valence-electron chi connectivity index (χ2n) is 1.83. The molecule has 0 bridgehead atoms. The van der Waals surface area contributed by atoms with E-state index in [9.17, 15) is 4.79 Å². The van der Waals surface area contributed by atoms with E-state index in [2.05, 4.69) is 27.1 Å². The molecule has 0 aliphatic heterocycles. The summed E-state index contributed by atoms with van der Waals surface area (Å²) in [5, 5.41) is 3.94. The fraction of sp³-hybridized carbons (Fsp3) is 0.143. The van der Waals surface area contributed by atoms with Crippen molar-refractivity contribution in [3.05, 3.63) is 16.3 Å². The number of thiocarbonyl (C=S) groups is 1. The summed E-state index contributed by atoms with van der Waals surface area (Å²) >= 11 is 5.69. The lowest BCUT2D eigenvalue weighted by Gasteiger charge is -1.94. The van der Waals surface area contributed by atoms with Crippen molar-refractivity contribution in [2.45, 2.75) is 0 Å². The van der Waals surface area contributed by atoms with E-state index in [1.165, 1.54) is 18.4 Å². The van der Waals surface area contributed by atoms with Gasteiger partial charge in [-0.25, -0.2) is 4.79 Å². The summed E-state index contributed by atoms with van der Waals surface area (Å²) in [7, 11) is 1.33. The van der Waals surface area contributed by atoms with Gasteiger partial charge in [0.05, 0.1) is 18.0 Å². The van der Waals surface area contributed by atoms with Crippen LogP contribution < -0.4 is 0 Å². The molecule has 0 saturated heterocycles. The van der Waals surface area contributed by atoms with Crippen LogP contribution in [0.1, 0.15) is 9.67 Å². The molecule has 0 aliphatic carbocycles. The molecule has 0 saturated carbocycles. The van der Waals surface area contributed by atoms with Crippen molar-refractivity contribution in [2.75, 3.05) is 7.11 Å². The first-order valence-electron chi connectivity index (χ1n) is 3.03. The molecule has 3 nitrogen and oxygen atoms in total. The van der Waals surface area contributed by atoms with E-state index in [-0.39, 0.29) is 0 Å². The van der Waals surface area contributed by atoms with Crippen LogP contribution >= 0.6 is 23.6 Å². The number of hydrogen-bond acceptors (Lipinski definition) is 5. The Kier molecular flexibility index (Phi) is 3.10. The second-order valence-corrected chi connectivity index (χ2v) is 2.93. The Morgan fingerprint density at radius 3 is 3.17 bits per heavy atom. The fourth-order valence-electron chi connectivity index (χ4n) is 0.685. The minimum atomic E-state index is -0.394. The molecule has 1 aromatic rings. The average molecular weight is 199 g/mol. The van der Waals surface area contributed by atoms with Gasteiger partial charge in [0.2, 0.25) is 0 Å². The number of isothiocyanates is 1. The fourth-order valence-corrected chi connectivity index (χ4v) is 1.53. The molecule has 62 valence electrons. The van der Waals surface area contributed by atoms with Gasteiger partial charge < -0.3 is 4.74 Å². The molecule has 1 heterocycles. The Labute approximate surface area is 78.7 Å². The van der Waals surface area contributed by atoms with Gasteiger partial charge in [0.25, 0.3) is 0 Å². The highest BCUT2D eigenvalue weighted by Crippen LogP contribution is 2.25. The molecule has 1 rings (SSSR count). The lowest BCUT2D eigenvalue weighted by atomic mass is 10.4. The maximum atomic E-state index is 11.0. The Balaban J connectivity index is 3.06. The zero-order chi connectivity index (χ0) is 8.97. The van der Waals surface area contributed by atoms with E-state index in [0.29, 0.717) is 10.6 Å². The molecular formula is C7H5NO2S2. The van der Waals surface area contributed by atoms with Crippen LogP contribution in [0.15, 0.2) is 16.4 Å². The molecule has 1 aromatic heterocycles. The molecule has 0 radical (unpaired) electrons. The number of methoxy groups -OCH3 is 1. The van der Waals surface area contributed by atoms with Crippen LogP contribution in [0, 0.1) is 0 Å². The first-order valence-corrected chi connectivity index (χ1v) is 4.32. The van der Waals surface area contributed by atoms with Gasteiger partial charge in [-0.15, -0.1) is 11.3 Å². The van der Waals surface area contributed by atoms with Crippen molar-refractivity contribution in [3.8, 4) is 0 Å². The van der Waals surface area contributed by atoms with Gasteiger partial charge >= 0.3 is 5.97 Å². The molecule has 0 N–H and O–H groups in total. The van der Waals surface area contributed by atoms with Gasteiger partial charge in [0, 0.05) is 0 Å². The highest BCUT2D eigenvalue weighted by molar-refractivity contribution is 7.78. The van der Waals surface area contributed by atoms with Crippen molar-refractivity contribution in [2.24, 2.45) is 4.99 Å². The first-order chi connectivity index (χ1) is 5.79. The molecule has 5 heteroatoms.